The van der Waals surface area contributed by atoms with Crippen LogP contribution in [0.1, 0.15) is 30.5 Å². The fourth-order valence-electron chi connectivity index (χ4n) is 1.77. The number of aliphatic hydroxyl groups is 1. The van der Waals surface area contributed by atoms with E-state index < -0.39 is 5.97 Å². The second-order valence-corrected chi connectivity index (χ2v) is 5.16. The predicted octanol–water partition coefficient (Wildman–Crippen LogP) is 1.19. The number of nitrogens with zero attached hydrogens (tertiary/aromatic N) is 2. The molecule has 0 amide bonds. The van der Waals surface area contributed by atoms with Gasteiger partial charge in [-0.25, -0.2) is 4.98 Å². The Balaban J connectivity index is 2.57. The van der Waals surface area contributed by atoms with Gasteiger partial charge in [-0.3, -0.25) is 4.79 Å². The summed E-state index contributed by atoms with van der Waals surface area (Å²) in [4.78, 5) is 17.1. The van der Waals surface area contributed by atoms with Crippen molar-refractivity contribution >= 4 is 17.3 Å². The molecule has 0 radical (unpaired) electrons. The number of carboxylic acids is 1. The first kappa shape index (κ1) is 15.1. The lowest BCUT2D eigenvalue weighted by molar-refractivity contribution is -0.136. The zero-order valence-corrected chi connectivity index (χ0v) is 11.6. The van der Waals surface area contributed by atoms with Gasteiger partial charge < -0.3 is 15.1 Å². The molecule has 1 aromatic rings. The maximum atomic E-state index is 10.6. The maximum absolute atomic E-state index is 10.6. The van der Waals surface area contributed by atoms with Crippen LogP contribution in [-0.4, -0.2) is 52.3 Å². The molecule has 0 bridgehead atoms. The summed E-state index contributed by atoms with van der Waals surface area (Å²) >= 11 is 1.51. The van der Waals surface area contributed by atoms with Gasteiger partial charge in [0, 0.05) is 24.4 Å². The maximum Gasteiger partial charge on any atom is 0.309 e. The van der Waals surface area contributed by atoms with E-state index in [4.69, 9.17) is 10.2 Å². The van der Waals surface area contributed by atoms with Crippen LogP contribution in [0.4, 0.5) is 0 Å². The lowest BCUT2D eigenvalue weighted by Gasteiger charge is -2.22. The van der Waals surface area contributed by atoms with Crippen molar-refractivity contribution in [2.75, 3.05) is 26.2 Å². The summed E-state index contributed by atoms with van der Waals surface area (Å²) in [6, 6.07) is 0. The van der Waals surface area contributed by atoms with Crippen molar-refractivity contribution in [2.45, 2.75) is 26.2 Å². The Morgan fingerprint density at radius 3 is 2.89 bits per heavy atom. The van der Waals surface area contributed by atoms with Crippen LogP contribution in [0.2, 0.25) is 0 Å². The fraction of sp³-hybridized carbons (Fsp3) is 0.667. The SMILES string of the molecule is CCN(CCO)CC(C)c1nc(CC(=O)O)cs1. The Kier molecular flexibility index (Phi) is 6.24. The number of aliphatic hydroxyl groups excluding tert-OH is 1. The molecule has 1 aromatic heterocycles. The third kappa shape index (κ3) is 4.72. The van der Waals surface area contributed by atoms with E-state index >= 15 is 0 Å². The Labute approximate surface area is 111 Å². The molecule has 18 heavy (non-hydrogen) atoms. The van der Waals surface area contributed by atoms with Gasteiger partial charge in [0.2, 0.25) is 0 Å². The van der Waals surface area contributed by atoms with Crippen molar-refractivity contribution in [1.29, 1.82) is 0 Å². The van der Waals surface area contributed by atoms with Crippen LogP contribution in [-0.2, 0) is 11.2 Å². The van der Waals surface area contributed by atoms with E-state index in [1.54, 1.807) is 0 Å². The molecule has 6 heteroatoms. The number of likely N-dealkylation sites (N-methyl/N-ethyl adjacent to an activating group) is 1. The van der Waals surface area contributed by atoms with E-state index in [9.17, 15) is 4.79 Å². The molecule has 0 spiro atoms. The summed E-state index contributed by atoms with van der Waals surface area (Å²) in [7, 11) is 0. The molecule has 0 aliphatic heterocycles. The second-order valence-electron chi connectivity index (χ2n) is 4.27. The third-order valence-electron chi connectivity index (χ3n) is 2.72. The molecule has 1 atom stereocenters. The standard InChI is InChI=1S/C12H20N2O3S/c1-3-14(4-5-15)7-9(2)12-13-10(8-18-12)6-11(16)17/h8-9,15H,3-7H2,1-2H3,(H,16,17). The number of rotatable bonds is 8. The first-order valence-electron chi connectivity index (χ1n) is 6.06. The summed E-state index contributed by atoms with van der Waals surface area (Å²) < 4.78 is 0. The van der Waals surface area contributed by atoms with Crippen molar-refractivity contribution < 1.29 is 15.0 Å². The smallest absolute Gasteiger partial charge is 0.309 e. The molecule has 0 saturated heterocycles. The number of hydrogen-bond donors (Lipinski definition) is 2. The van der Waals surface area contributed by atoms with E-state index in [-0.39, 0.29) is 18.9 Å². The monoisotopic (exact) mass is 272 g/mol. The van der Waals surface area contributed by atoms with Gasteiger partial charge in [0.25, 0.3) is 0 Å². The Hall–Kier alpha value is -0.980. The van der Waals surface area contributed by atoms with Gasteiger partial charge in [0.15, 0.2) is 0 Å². The second kappa shape index (κ2) is 7.45. The predicted molar refractivity (Wildman–Crippen MR) is 71.1 cm³/mol. The zero-order chi connectivity index (χ0) is 13.5. The van der Waals surface area contributed by atoms with Gasteiger partial charge >= 0.3 is 5.97 Å². The molecule has 5 nitrogen and oxygen atoms in total. The van der Waals surface area contributed by atoms with E-state index in [1.807, 2.05) is 5.38 Å². The molecular weight excluding hydrogens is 252 g/mol. The minimum absolute atomic E-state index is 0.0165. The van der Waals surface area contributed by atoms with Crippen LogP contribution in [0.3, 0.4) is 0 Å². The molecule has 0 fully saturated rings. The Morgan fingerprint density at radius 2 is 2.33 bits per heavy atom. The number of aromatic nitrogens is 1. The fourth-order valence-corrected chi connectivity index (χ4v) is 2.64. The molecule has 1 heterocycles. The van der Waals surface area contributed by atoms with Gasteiger partial charge in [-0.05, 0) is 6.54 Å². The molecular formula is C12H20N2O3S. The van der Waals surface area contributed by atoms with Gasteiger partial charge in [0.1, 0.15) is 0 Å². The minimum atomic E-state index is -0.852. The van der Waals surface area contributed by atoms with Crippen molar-refractivity contribution in [1.82, 2.24) is 9.88 Å². The first-order valence-corrected chi connectivity index (χ1v) is 6.94. The van der Waals surface area contributed by atoms with Crippen LogP contribution in [0.15, 0.2) is 5.38 Å². The number of hydrogen-bond acceptors (Lipinski definition) is 5. The number of carboxylic acid groups (broad SMARTS) is 1. The highest BCUT2D eigenvalue weighted by atomic mass is 32.1. The average molecular weight is 272 g/mol. The summed E-state index contributed by atoms with van der Waals surface area (Å²) in [5.41, 5.74) is 0.625. The molecule has 102 valence electrons. The summed E-state index contributed by atoms with van der Waals surface area (Å²) in [6.07, 6.45) is -0.0165. The van der Waals surface area contributed by atoms with Crippen molar-refractivity contribution in [2.24, 2.45) is 0 Å². The average Bonchev–Trinajstić information content (AvgIpc) is 2.76. The lowest BCUT2D eigenvalue weighted by Crippen LogP contribution is -2.30. The molecule has 1 rings (SSSR count). The number of thiazole rings is 1. The molecule has 0 saturated carbocycles. The van der Waals surface area contributed by atoms with E-state index in [0.717, 1.165) is 18.1 Å². The van der Waals surface area contributed by atoms with Gasteiger partial charge in [-0.15, -0.1) is 11.3 Å². The zero-order valence-electron chi connectivity index (χ0n) is 10.8. The normalized spacial score (nSPS) is 12.9. The quantitative estimate of drug-likeness (QED) is 0.743. The lowest BCUT2D eigenvalue weighted by atomic mass is 10.2. The van der Waals surface area contributed by atoms with Gasteiger partial charge in [-0.1, -0.05) is 13.8 Å². The highest BCUT2D eigenvalue weighted by Gasteiger charge is 2.15. The molecule has 2 N–H and O–H groups in total. The summed E-state index contributed by atoms with van der Waals surface area (Å²) in [5, 5.41) is 20.4. The van der Waals surface area contributed by atoms with Crippen molar-refractivity contribution in [3.63, 3.8) is 0 Å². The topological polar surface area (TPSA) is 73.7 Å². The van der Waals surface area contributed by atoms with E-state index in [1.165, 1.54) is 11.3 Å². The molecule has 0 aromatic carbocycles. The highest BCUT2D eigenvalue weighted by Crippen LogP contribution is 2.21. The summed E-state index contributed by atoms with van der Waals surface area (Å²) in [5.74, 6) is -0.598. The Bertz CT molecular complexity index is 381. The molecule has 0 aliphatic rings. The first-order chi connectivity index (χ1) is 8.56. The van der Waals surface area contributed by atoms with Crippen LogP contribution in [0.25, 0.3) is 0 Å². The van der Waals surface area contributed by atoms with Crippen molar-refractivity contribution in [3.05, 3.63) is 16.1 Å². The van der Waals surface area contributed by atoms with E-state index in [0.29, 0.717) is 12.2 Å². The minimum Gasteiger partial charge on any atom is -0.481 e. The van der Waals surface area contributed by atoms with Gasteiger partial charge in [0.05, 0.1) is 23.7 Å². The van der Waals surface area contributed by atoms with Crippen LogP contribution >= 0.6 is 11.3 Å². The summed E-state index contributed by atoms with van der Waals surface area (Å²) in [6.45, 7) is 6.66. The van der Waals surface area contributed by atoms with E-state index in [2.05, 4.69) is 23.7 Å². The Morgan fingerprint density at radius 1 is 1.61 bits per heavy atom. The number of aliphatic carboxylic acids is 1. The highest BCUT2D eigenvalue weighted by molar-refractivity contribution is 7.09. The van der Waals surface area contributed by atoms with Crippen LogP contribution in [0.5, 0.6) is 0 Å². The molecule has 1 unspecified atom stereocenters. The molecule has 0 aliphatic carbocycles. The van der Waals surface area contributed by atoms with Gasteiger partial charge in [-0.2, -0.15) is 0 Å². The largest absolute Gasteiger partial charge is 0.481 e. The van der Waals surface area contributed by atoms with Crippen molar-refractivity contribution in [3.8, 4) is 0 Å². The van der Waals surface area contributed by atoms with Crippen LogP contribution < -0.4 is 0 Å². The van der Waals surface area contributed by atoms with Crippen LogP contribution in [0, 0.1) is 0 Å². The third-order valence-corrected chi connectivity index (χ3v) is 3.84. The number of carbonyl (C=O) groups is 1.